The van der Waals surface area contributed by atoms with E-state index in [2.05, 4.69) is 26.3 Å². The molecule has 25 heavy (non-hydrogen) atoms. The van der Waals surface area contributed by atoms with Gasteiger partial charge in [0.15, 0.2) is 0 Å². The SMILES string of the molecule is Cc1nc(N2CCC(Cc3ccccc3C(=O)O)C2)c2ccsc2n1. The van der Waals surface area contributed by atoms with Gasteiger partial charge in [-0.2, -0.15) is 0 Å². The van der Waals surface area contributed by atoms with E-state index in [1.54, 1.807) is 23.5 Å². The van der Waals surface area contributed by atoms with Gasteiger partial charge >= 0.3 is 5.97 Å². The number of rotatable bonds is 4. The van der Waals surface area contributed by atoms with Crippen LogP contribution in [0.15, 0.2) is 35.7 Å². The fourth-order valence-corrected chi connectivity index (χ4v) is 4.40. The zero-order valence-corrected chi connectivity index (χ0v) is 14.8. The largest absolute Gasteiger partial charge is 0.478 e. The summed E-state index contributed by atoms with van der Waals surface area (Å²) in [6.07, 6.45) is 1.83. The molecule has 0 spiro atoms. The third-order valence-electron chi connectivity index (χ3n) is 4.76. The van der Waals surface area contributed by atoms with E-state index in [9.17, 15) is 9.90 Å². The highest BCUT2D eigenvalue weighted by Gasteiger charge is 2.26. The van der Waals surface area contributed by atoms with E-state index in [-0.39, 0.29) is 0 Å². The number of aromatic carboxylic acids is 1. The van der Waals surface area contributed by atoms with Gasteiger partial charge in [-0.15, -0.1) is 11.3 Å². The number of nitrogens with zero attached hydrogens (tertiary/aromatic N) is 3. The minimum Gasteiger partial charge on any atom is -0.478 e. The van der Waals surface area contributed by atoms with Gasteiger partial charge < -0.3 is 10.0 Å². The van der Waals surface area contributed by atoms with Gasteiger partial charge in [-0.3, -0.25) is 0 Å². The van der Waals surface area contributed by atoms with Crippen LogP contribution in [0.5, 0.6) is 0 Å². The van der Waals surface area contributed by atoms with Crippen LogP contribution in [0.25, 0.3) is 10.2 Å². The summed E-state index contributed by atoms with van der Waals surface area (Å²) in [6.45, 7) is 3.77. The van der Waals surface area contributed by atoms with Gasteiger partial charge in [0.2, 0.25) is 0 Å². The average molecular weight is 353 g/mol. The lowest BCUT2D eigenvalue weighted by Crippen LogP contribution is -2.22. The number of aromatic nitrogens is 2. The summed E-state index contributed by atoms with van der Waals surface area (Å²) in [5, 5.41) is 12.5. The highest BCUT2D eigenvalue weighted by molar-refractivity contribution is 7.16. The number of thiophene rings is 1. The topological polar surface area (TPSA) is 66.3 Å². The molecule has 4 rings (SSSR count). The van der Waals surface area contributed by atoms with Crippen LogP contribution in [-0.4, -0.2) is 34.1 Å². The van der Waals surface area contributed by atoms with E-state index in [1.165, 1.54) is 0 Å². The molecule has 0 bridgehead atoms. The Hall–Kier alpha value is -2.47. The van der Waals surface area contributed by atoms with Gasteiger partial charge in [0.05, 0.1) is 10.9 Å². The standard InChI is InChI=1S/C19H19N3O2S/c1-12-20-17(16-7-9-25-18(16)21-12)22-8-6-13(11-22)10-14-4-2-3-5-15(14)19(23)24/h2-5,7,9,13H,6,8,10-11H2,1H3,(H,23,24). The third-order valence-corrected chi connectivity index (χ3v) is 5.57. The molecule has 128 valence electrons. The lowest BCUT2D eigenvalue weighted by atomic mass is 9.95. The molecule has 1 fully saturated rings. The maximum absolute atomic E-state index is 11.4. The summed E-state index contributed by atoms with van der Waals surface area (Å²) in [4.78, 5) is 23.9. The first-order chi connectivity index (χ1) is 12.1. The lowest BCUT2D eigenvalue weighted by molar-refractivity contribution is 0.0695. The molecule has 1 aliphatic rings. The van der Waals surface area contributed by atoms with Crippen molar-refractivity contribution in [2.45, 2.75) is 19.8 Å². The minimum atomic E-state index is -0.850. The van der Waals surface area contributed by atoms with E-state index in [0.717, 1.165) is 53.4 Å². The van der Waals surface area contributed by atoms with Crippen LogP contribution in [-0.2, 0) is 6.42 Å². The highest BCUT2D eigenvalue weighted by atomic mass is 32.1. The van der Waals surface area contributed by atoms with Crippen molar-refractivity contribution in [1.82, 2.24) is 9.97 Å². The van der Waals surface area contributed by atoms with Crippen molar-refractivity contribution in [2.75, 3.05) is 18.0 Å². The summed E-state index contributed by atoms with van der Waals surface area (Å²) in [7, 11) is 0. The van der Waals surface area contributed by atoms with E-state index < -0.39 is 5.97 Å². The highest BCUT2D eigenvalue weighted by Crippen LogP contribution is 2.32. The number of carboxylic acid groups (broad SMARTS) is 1. The van der Waals surface area contributed by atoms with Crippen LogP contribution in [0.1, 0.15) is 28.2 Å². The van der Waals surface area contributed by atoms with Gasteiger partial charge in [0.25, 0.3) is 0 Å². The number of anilines is 1. The Morgan fingerprint density at radius 1 is 1.32 bits per heavy atom. The molecule has 3 heterocycles. The molecule has 1 aliphatic heterocycles. The molecule has 2 aromatic heterocycles. The molecule has 1 N–H and O–H groups in total. The molecule has 0 amide bonds. The number of carbonyl (C=O) groups is 1. The summed E-state index contributed by atoms with van der Waals surface area (Å²) >= 11 is 1.64. The molecule has 6 heteroatoms. The van der Waals surface area contributed by atoms with Gasteiger partial charge in [0, 0.05) is 13.1 Å². The van der Waals surface area contributed by atoms with Crippen molar-refractivity contribution >= 4 is 33.3 Å². The normalized spacial score (nSPS) is 17.3. The average Bonchev–Trinajstić information content (AvgIpc) is 3.23. The second-order valence-corrected chi connectivity index (χ2v) is 7.40. The predicted octanol–water partition coefficient (Wildman–Crippen LogP) is 3.77. The number of benzene rings is 1. The predicted molar refractivity (Wildman–Crippen MR) is 99.6 cm³/mol. The number of hydrogen-bond acceptors (Lipinski definition) is 5. The number of hydrogen-bond donors (Lipinski definition) is 1. The molecule has 0 aliphatic carbocycles. The van der Waals surface area contributed by atoms with Crippen molar-refractivity contribution in [3.63, 3.8) is 0 Å². The molecular formula is C19H19N3O2S. The zero-order chi connectivity index (χ0) is 17.4. The molecule has 1 atom stereocenters. The Kier molecular flexibility index (Phi) is 4.13. The Balaban J connectivity index is 1.56. The third kappa shape index (κ3) is 3.09. The maximum Gasteiger partial charge on any atom is 0.335 e. The zero-order valence-electron chi connectivity index (χ0n) is 14.0. The summed E-state index contributed by atoms with van der Waals surface area (Å²) in [5.74, 6) is 1.39. The fraction of sp³-hybridized carbons (Fsp3) is 0.316. The monoisotopic (exact) mass is 353 g/mol. The van der Waals surface area contributed by atoms with Crippen LogP contribution in [0, 0.1) is 12.8 Å². The van der Waals surface area contributed by atoms with Crippen molar-refractivity contribution in [2.24, 2.45) is 5.92 Å². The van der Waals surface area contributed by atoms with Gasteiger partial charge in [-0.05, 0) is 48.8 Å². The maximum atomic E-state index is 11.4. The molecular weight excluding hydrogens is 334 g/mol. The summed E-state index contributed by atoms with van der Waals surface area (Å²) in [6, 6.07) is 9.40. The smallest absolute Gasteiger partial charge is 0.335 e. The van der Waals surface area contributed by atoms with E-state index in [1.807, 2.05) is 19.1 Å². The number of fused-ring (bicyclic) bond motifs is 1. The number of aryl methyl sites for hydroxylation is 1. The molecule has 1 saturated heterocycles. The van der Waals surface area contributed by atoms with Crippen LogP contribution in [0.4, 0.5) is 5.82 Å². The van der Waals surface area contributed by atoms with Crippen molar-refractivity contribution in [3.8, 4) is 0 Å². The van der Waals surface area contributed by atoms with Crippen molar-refractivity contribution < 1.29 is 9.90 Å². The van der Waals surface area contributed by atoms with E-state index >= 15 is 0 Å². The Morgan fingerprint density at radius 3 is 3.00 bits per heavy atom. The van der Waals surface area contributed by atoms with Gasteiger partial charge in [-0.1, -0.05) is 18.2 Å². The quantitative estimate of drug-likeness (QED) is 0.773. The Labute approximate surface area is 150 Å². The molecule has 0 saturated carbocycles. The molecule has 5 nitrogen and oxygen atoms in total. The molecule has 3 aromatic rings. The van der Waals surface area contributed by atoms with Crippen LogP contribution >= 0.6 is 11.3 Å². The number of carboxylic acids is 1. The Morgan fingerprint density at radius 2 is 2.16 bits per heavy atom. The van der Waals surface area contributed by atoms with Gasteiger partial charge in [-0.25, -0.2) is 14.8 Å². The Bertz CT molecular complexity index is 937. The van der Waals surface area contributed by atoms with Gasteiger partial charge in [0.1, 0.15) is 16.5 Å². The molecule has 1 unspecified atom stereocenters. The first kappa shape index (κ1) is 16.0. The van der Waals surface area contributed by atoms with Crippen molar-refractivity contribution in [1.29, 1.82) is 0 Å². The summed E-state index contributed by atoms with van der Waals surface area (Å²) < 4.78 is 0. The van der Waals surface area contributed by atoms with Crippen molar-refractivity contribution in [3.05, 3.63) is 52.7 Å². The lowest BCUT2D eigenvalue weighted by Gasteiger charge is -2.19. The van der Waals surface area contributed by atoms with Crippen LogP contribution in [0.3, 0.4) is 0 Å². The second kappa shape index (κ2) is 6.44. The minimum absolute atomic E-state index is 0.416. The fourth-order valence-electron chi connectivity index (χ4n) is 3.59. The van der Waals surface area contributed by atoms with E-state index in [0.29, 0.717) is 11.5 Å². The molecule has 0 radical (unpaired) electrons. The summed E-state index contributed by atoms with van der Waals surface area (Å²) in [5.41, 5.74) is 1.33. The van der Waals surface area contributed by atoms with E-state index in [4.69, 9.17) is 0 Å². The second-order valence-electron chi connectivity index (χ2n) is 6.50. The van der Waals surface area contributed by atoms with Crippen LogP contribution < -0.4 is 4.90 Å². The first-order valence-electron chi connectivity index (χ1n) is 8.40. The van der Waals surface area contributed by atoms with Crippen LogP contribution in [0.2, 0.25) is 0 Å². The first-order valence-corrected chi connectivity index (χ1v) is 9.28. The molecule has 1 aromatic carbocycles.